The molecule has 0 saturated heterocycles. The Balaban J connectivity index is 0.00000225. The van der Waals surface area contributed by atoms with Gasteiger partial charge in [-0.05, 0) is 69.8 Å². The fourth-order valence-corrected chi connectivity index (χ4v) is 3.39. The predicted octanol–water partition coefficient (Wildman–Crippen LogP) is 5.37. The van der Waals surface area contributed by atoms with Crippen LogP contribution in [-0.2, 0) is 4.79 Å². The molecule has 0 spiro atoms. The number of nitrogens with one attached hydrogen (secondary N) is 2. The molecular weight excluding hydrogens is 426 g/mol. The van der Waals surface area contributed by atoms with Crippen LogP contribution in [0.2, 0.25) is 0 Å². The Morgan fingerprint density at radius 3 is 2.43 bits per heavy atom. The van der Waals surface area contributed by atoms with Crippen LogP contribution in [0.25, 0.3) is 22.4 Å². The number of rotatable bonds is 6. The lowest BCUT2D eigenvalue weighted by Gasteiger charge is -2.16. The van der Waals surface area contributed by atoms with Crippen LogP contribution < -0.4 is 10.6 Å². The number of fused-ring (bicyclic) bond motifs is 1. The molecule has 0 aliphatic rings. The molecule has 2 aromatic carbocycles. The number of aromatic nitrogens is 2. The zero-order valence-electron chi connectivity index (χ0n) is 17.8. The van der Waals surface area contributed by atoms with E-state index in [4.69, 9.17) is 4.98 Å². The van der Waals surface area contributed by atoms with E-state index in [1.54, 1.807) is 6.07 Å². The fraction of sp³-hybridized carbons (Fsp3) is 0.364. The molecule has 0 fully saturated rings. The van der Waals surface area contributed by atoms with Crippen LogP contribution in [-0.4, -0.2) is 29.1 Å². The van der Waals surface area contributed by atoms with Gasteiger partial charge in [0.2, 0.25) is 5.91 Å². The van der Waals surface area contributed by atoms with Crippen LogP contribution in [0.5, 0.6) is 0 Å². The van der Waals surface area contributed by atoms with Crippen molar-refractivity contribution in [2.45, 2.75) is 33.7 Å². The Morgan fingerprint density at radius 2 is 1.83 bits per heavy atom. The maximum absolute atomic E-state index is 13.8. The van der Waals surface area contributed by atoms with Gasteiger partial charge in [0.25, 0.3) is 0 Å². The number of halogens is 3. The Hall–Kier alpha value is -2.15. The second-order valence-corrected chi connectivity index (χ2v) is 7.51. The Morgan fingerprint density at radius 1 is 1.13 bits per heavy atom. The van der Waals surface area contributed by atoms with E-state index in [2.05, 4.69) is 24.5 Å². The highest BCUT2D eigenvalue weighted by Gasteiger charge is 2.17. The topological polar surface area (TPSA) is 59.0 Å². The van der Waals surface area contributed by atoms with E-state index in [1.165, 1.54) is 12.1 Å². The van der Waals surface area contributed by atoms with Gasteiger partial charge in [0.1, 0.15) is 11.6 Å². The summed E-state index contributed by atoms with van der Waals surface area (Å²) in [7, 11) is 1.83. The predicted molar refractivity (Wildman–Crippen MR) is 126 cm³/mol. The lowest BCUT2D eigenvalue weighted by Crippen LogP contribution is -2.28. The first-order chi connectivity index (χ1) is 13.3. The van der Waals surface area contributed by atoms with Crippen molar-refractivity contribution in [3.63, 3.8) is 0 Å². The molecule has 0 aliphatic carbocycles. The third-order valence-corrected chi connectivity index (χ3v) is 4.87. The molecule has 0 bridgehead atoms. The van der Waals surface area contributed by atoms with Crippen LogP contribution >= 0.6 is 24.8 Å². The summed E-state index contributed by atoms with van der Waals surface area (Å²) in [6, 6.07) is 10.6. The van der Waals surface area contributed by atoms with Crippen molar-refractivity contribution in [1.29, 1.82) is 0 Å². The molecule has 0 radical (unpaired) electrons. The molecule has 3 aromatic rings. The van der Waals surface area contributed by atoms with Gasteiger partial charge < -0.3 is 15.2 Å². The fourth-order valence-electron chi connectivity index (χ4n) is 3.39. The minimum Gasteiger partial charge on any atom is -0.326 e. The molecule has 1 amide bonds. The van der Waals surface area contributed by atoms with Crippen LogP contribution in [0.4, 0.5) is 10.1 Å². The quantitative estimate of drug-likeness (QED) is 0.526. The van der Waals surface area contributed by atoms with Crippen LogP contribution in [0.1, 0.15) is 32.4 Å². The van der Waals surface area contributed by atoms with Gasteiger partial charge in [-0.3, -0.25) is 4.79 Å². The summed E-state index contributed by atoms with van der Waals surface area (Å²) in [4.78, 5) is 17.0. The normalized spacial score (nSPS) is 11.7. The molecule has 5 nitrogen and oxygen atoms in total. The number of carbonyl (C=O) groups is 1. The average Bonchev–Trinajstić information content (AvgIpc) is 3.02. The molecule has 1 unspecified atom stereocenters. The number of anilines is 1. The number of nitrogens with zero attached hydrogens (tertiary/aromatic N) is 2. The molecule has 1 heterocycles. The maximum atomic E-state index is 13.8. The van der Waals surface area contributed by atoms with Gasteiger partial charge in [-0.25, -0.2) is 9.37 Å². The van der Waals surface area contributed by atoms with Gasteiger partial charge in [0.15, 0.2) is 0 Å². The van der Waals surface area contributed by atoms with Crippen LogP contribution in [0, 0.1) is 18.7 Å². The molecule has 1 atom stereocenters. The van der Waals surface area contributed by atoms with Gasteiger partial charge in [-0.1, -0.05) is 6.92 Å². The summed E-state index contributed by atoms with van der Waals surface area (Å²) in [5.74, 6) is 0.380. The van der Waals surface area contributed by atoms with E-state index < -0.39 is 0 Å². The van der Waals surface area contributed by atoms with E-state index in [0.717, 1.165) is 33.7 Å². The third-order valence-electron chi connectivity index (χ3n) is 4.87. The largest absolute Gasteiger partial charge is 0.326 e. The third kappa shape index (κ3) is 5.31. The van der Waals surface area contributed by atoms with Crippen LogP contribution in [0.3, 0.4) is 0 Å². The SMILES string of the molecule is CNCC(C)C(=O)Nc1ccc(-c2nc3ccc(F)cc3n2C(C)C)cc1C.Cl.Cl. The van der Waals surface area contributed by atoms with Gasteiger partial charge in [-0.15, -0.1) is 24.8 Å². The summed E-state index contributed by atoms with van der Waals surface area (Å²) < 4.78 is 15.8. The number of carbonyl (C=O) groups excluding carboxylic acids is 1. The van der Waals surface area contributed by atoms with Crippen molar-refractivity contribution in [3.8, 4) is 11.4 Å². The minimum atomic E-state index is -0.272. The van der Waals surface area contributed by atoms with E-state index >= 15 is 0 Å². The standard InChI is InChI=1S/C22H27FN4O.2ClH/c1-13(2)27-20-11-17(23)7-9-19(20)25-21(27)16-6-8-18(14(3)10-16)26-22(28)15(4)12-24-5;;/h6-11,13,15,24H,12H2,1-5H3,(H,26,28);2*1H. The minimum absolute atomic E-state index is 0. The Labute approximate surface area is 189 Å². The molecule has 8 heteroatoms. The number of amides is 1. The molecule has 3 rings (SSSR count). The highest BCUT2D eigenvalue weighted by atomic mass is 35.5. The summed E-state index contributed by atoms with van der Waals surface area (Å²) in [6.07, 6.45) is 0. The molecule has 0 saturated carbocycles. The zero-order valence-corrected chi connectivity index (χ0v) is 19.5. The Kier molecular flexibility index (Phi) is 9.28. The molecule has 164 valence electrons. The number of imidazole rings is 1. The van der Waals surface area contributed by atoms with Crippen molar-refractivity contribution in [2.75, 3.05) is 18.9 Å². The van der Waals surface area contributed by atoms with E-state index in [0.29, 0.717) is 6.54 Å². The Bertz CT molecular complexity index is 1020. The average molecular weight is 455 g/mol. The summed E-state index contributed by atoms with van der Waals surface area (Å²) in [5, 5.41) is 6.00. The smallest absolute Gasteiger partial charge is 0.228 e. The lowest BCUT2D eigenvalue weighted by atomic mass is 10.1. The summed E-state index contributed by atoms with van der Waals surface area (Å²) >= 11 is 0. The number of hydrogen-bond donors (Lipinski definition) is 2. The highest BCUT2D eigenvalue weighted by Crippen LogP contribution is 2.31. The van der Waals surface area contributed by atoms with Gasteiger partial charge in [0.05, 0.1) is 11.0 Å². The van der Waals surface area contributed by atoms with Crippen LogP contribution in [0.15, 0.2) is 36.4 Å². The van der Waals surface area contributed by atoms with E-state index in [-0.39, 0.29) is 48.5 Å². The van der Waals surface area contributed by atoms with E-state index in [1.807, 2.05) is 43.7 Å². The van der Waals surface area contributed by atoms with Crippen molar-refractivity contribution in [1.82, 2.24) is 14.9 Å². The first-order valence-corrected chi connectivity index (χ1v) is 9.55. The van der Waals surface area contributed by atoms with E-state index in [9.17, 15) is 9.18 Å². The molecule has 30 heavy (non-hydrogen) atoms. The number of aryl methyl sites for hydroxylation is 1. The van der Waals surface area contributed by atoms with Crippen molar-refractivity contribution in [2.24, 2.45) is 5.92 Å². The molecule has 1 aromatic heterocycles. The van der Waals surface area contributed by atoms with Crippen molar-refractivity contribution in [3.05, 3.63) is 47.8 Å². The molecule has 0 aliphatic heterocycles. The maximum Gasteiger partial charge on any atom is 0.228 e. The first-order valence-electron chi connectivity index (χ1n) is 9.55. The molecular formula is C22H29Cl2FN4O. The number of benzene rings is 2. The van der Waals surface area contributed by atoms with Gasteiger partial charge in [-0.2, -0.15) is 0 Å². The van der Waals surface area contributed by atoms with Crippen molar-refractivity contribution < 1.29 is 9.18 Å². The van der Waals surface area contributed by atoms with Gasteiger partial charge >= 0.3 is 0 Å². The monoisotopic (exact) mass is 454 g/mol. The second-order valence-electron chi connectivity index (χ2n) is 7.51. The number of hydrogen-bond acceptors (Lipinski definition) is 3. The van der Waals surface area contributed by atoms with Crippen molar-refractivity contribution >= 4 is 47.4 Å². The highest BCUT2D eigenvalue weighted by molar-refractivity contribution is 5.93. The first kappa shape index (κ1) is 25.9. The summed E-state index contributed by atoms with van der Waals surface area (Å²) in [5.41, 5.74) is 4.22. The zero-order chi connectivity index (χ0) is 20.4. The summed E-state index contributed by atoms with van der Waals surface area (Å²) in [6.45, 7) is 8.59. The molecule has 2 N–H and O–H groups in total. The van der Waals surface area contributed by atoms with Gasteiger partial charge in [0, 0.05) is 29.8 Å². The lowest BCUT2D eigenvalue weighted by molar-refractivity contribution is -0.119. The second kappa shape index (κ2) is 10.8.